The predicted molar refractivity (Wildman–Crippen MR) is 58.0 cm³/mol. The molecule has 0 fully saturated rings. The van der Waals surface area contributed by atoms with Gasteiger partial charge in [0.05, 0.1) is 0 Å². The fourth-order valence-electron chi connectivity index (χ4n) is 0.813. The van der Waals surface area contributed by atoms with Crippen LogP contribution in [0.4, 0.5) is 0 Å². The highest BCUT2D eigenvalue weighted by Crippen LogP contribution is 1.99. The molecule has 1 heterocycles. The summed E-state index contributed by atoms with van der Waals surface area (Å²) in [6.45, 7) is 4.19. The Labute approximate surface area is 83.2 Å². The van der Waals surface area contributed by atoms with E-state index in [1.54, 1.807) is 6.20 Å². The van der Waals surface area contributed by atoms with Crippen LogP contribution in [0.2, 0.25) is 0 Å². The maximum Gasteiger partial charge on any atom is 0.0406 e. The van der Waals surface area contributed by atoms with Crippen molar-refractivity contribution in [3.63, 3.8) is 0 Å². The molecule has 0 saturated heterocycles. The summed E-state index contributed by atoms with van der Waals surface area (Å²) in [6, 6.07) is 10.4. The van der Waals surface area contributed by atoms with Gasteiger partial charge in [0.1, 0.15) is 0 Å². The molecular weight excluding hydrogens is 178 g/mol. The van der Waals surface area contributed by atoms with E-state index < -0.39 is 0 Å². The Hall–Kier alpha value is -1.15. The van der Waals surface area contributed by atoms with Crippen LogP contribution in [-0.4, -0.2) is 4.37 Å². The van der Waals surface area contributed by atoms with Gasteiger partial charge >= 0.3 is 0 Å². The maximum atomic E-state index is 3.76. The van der Waals surface area contributed by atoms with Crippen LogP contribution in [0.15, 0.2) is 41.9 Å². The lowest BCUT2D eigenvalue weighted by Crippen LogP contribution is -1.70. The van der Waals surface area contributed by atoms with Gasteiger partial charge in [-0.3, -0.25) is 0 Å². The van der Waals surface area contributed by atoms with Crippen LogP contribution in [-0.2, 0) is 0 Å². The zero-order valence-electron chi connectivity index (χ0n) is 7.90. The van der Waals surface area contributed by atoms with E-state index in [0.717, 1.165) is 0 Å². The highest BCUT2D eigenvalue weighted by Gasteiger charge is 1.79. The second-order valence-corrected chi connectivity index (χ2v) is 3.54. The van der Waals surface area contributed by atoms with Crippen molar-refractivity contribution >= 4 is 11.5 Å². The minimum absolute atomic E-state index is 1.33. The highest BCUT2D eigenvalue weighted by atomic mass is 32.1. The Morgan fingerprint density at radius 2 is 1.54 bits per heavy atom. The Morgan fingerprint density at radius 3 is 1.77 bits per heavy atom. The molecule has 0 aliphatic carbocycles. The quantitative estimate of drug-likeness (QED) is 0.621. The first-order valence-electron chi connectivity index (χ1n) is 4.16. The summed E-state index contributed by atoms with van der Waals surface area (Å²) in [6.07, 6.45) is 1.77. The lowest BCUT2D eigenvalue weighted by Gasteiger charge is -1.90. The lowest BCUT2D eigenvalue weighted by atomic mass is 10.2. The molecule has 0 saturated carbocycles. The van der Waals surface area contributed by atoms with Gasteiger partial charge in [-0.25, -0.2) is 4.37 Å². The molecule has 1 aromatic carbocycles. The van der Waals surface area contributed by atoms with Gasteiger partial charge in [-0.1, -0.05) is 35.4 Å². The van der Waals surface area contributed by atoms with E-state index in [0.29, 0.717) is 0 Å². The molecule has 2 heteroatoms. The molecule has 1 aromatic heterocycles. The van der Waals surface area contributed by atoms with Crippen LogP contribution < -0.4 is 0 Å². The molecule has 0 atom stereocenters. The van der Waals surface area contributed by atoms with Gasteiger partial charge in [-0.05, 0) is 31.4 Å². The number of hydrogen-bond donors (Lipinski definition) is 0. The average Bonchev–Trinajstić information content (AvgIpc) is 2.68. The summed E-state index contributed by atoms with van der Waals surface area (Å²) in [5, 5.41) is 1.93. The van der Waals surface area contributed by atoms with Gasteiger partial charge in [0, 0.05) is 11.6 Å². The number of hydrogen-bond acceptors (Lipinski definition) is 2. The minimum Gasteiger partial charge on any atom is -0.201 e. The fraction of sp³-hybridized carbons (Fsp3) is 0.182. The summed E-state index contributed by atoms with van der Waals surface area (Å²) in [4.78, 5) is 0. The molecule has 2 aromatic rings. The Bertz CT molecular complexity index is 272. The molecule has 68 valence electrons. The van der Waals surface area contributed by atoms with Crippen LogP contribution in [0.1, 0.15) is 11.1 Å². The van der Waals surface area contributed by atoms with Gasteiger partial charge in [-0.2, -0.15) is 0 Å². The first-order chi connectivity index (χ1) is 6.29. The number of aromatic nitrogens is 1. The van der Waals surface area contributed by atoms with E-state index in [2.05, 4.69) is 42.5 Å². The van der Waals surface area contributed by atoms with Gasteiger partial charge in [0.25, 0.3) is 0 Å². The first-order valence-corrected chi connectivity index (χ1v) is 5.00. The summed E-state index contributed by atoms with van der Waals surface area (Å²) < 4.78 is 3.76. The van der Waals surface area contributed by atoms with Crippen LogP contribution in [0.5, 0.6) is 0 Å². The number of rotatable bonds is 0. The molecule has 0 unspecified atom stereocenters. The van der Waals surface area contributed by atoms with Crippen LogP contribution in [0.25, 0.3) is 0 Å². The molecular formula is C11H13NS. The van der Waals surface area contributed by atoms with E-state index in [9.17, 15) is 0 Å². The van der Waals surface area contributed by atoms with Gasteiger partial charge in [-0.15, -0.1) is 0 Å². The van der Waals surface area contributed by atoms with Gasteiger partial charge in [0.2, 0.25) is 0 Å². The average molecular weight is 191 g/mol. The minimum atomic E-state index is 1.33. The maximum absolute atomic E-state index is 3.76. The molecule has 13 heavy (non-hydrogen) atoms. The van der Waals surface area contributed by atoms with E-state index in [1.807, 2.05) is 11.4 Å². The molecule has 0 aliphatic rings. The normalized spacial score (nSPS) is 8.77. The Balaban J connectivity index is 0.000000145. The van der Waals surface area contributed by atoms with Crippen molar-refractivity contribution in [2.45, 2.75) is 13.8 Å². The van der Waals surface area contributed by atoms with E-state index in [1.165, 1.54) is 22.7 Å². The van der Waals surface area contributed by atoms with Crippen LogP contribution in [0, 0.1) is 13.8 Å². The zero-order chi connectivity index (χ0) is 9.52. The molecule has 0 spiro atoms. The van der Waals surface area contributed by atoms with Crippen molar-refractivity contribution in [2.24, 2.45) is 0 Å². The first kappa shape index (κ1) is 9.93. The van der Waals surface area contributed by atoms with Gasteiger partial charge < -0.3 is 0 Å². The third-order valence-corrected chi connectivity index (χ3v) is 2.09. The van der Waals surface area contributed by atoms with Crippen molar-refractivity contribution < 1.29 is 0 Å². The smallest absolute Gasteiger partial charge is 0.0406 e. The van der Waals surface area contributed by atoms with Crippen molar-refractivity contribution in [3.05, 3.63) is 53.0 Å². The Morgan fingerprint density at radius 1 is 1.00 bits per heavy atom. The van der Waals surface area contributed by atoms with Crippen LogP contribution in [0.3, 0.4) is 0 Å². The third-order valence-electron chi connectivity index (χ3n) is 1.57. The number of benzene rings is 1. The van der Waals surface area contributed by atoms with Crippen molar-refractivity contribution in [1.82, 2.24) is 4.37 Å². The largest absolute Gasteiger partial charge is 0.201 e. The van der Waals surface area contributed by atoms with Crippen molar-refractivity contribution in [3.8, 4) is 0 Å². The molecule has 0 radical (unpaired) electrons. The van der Waals surface area contributed by atoms with Crippen LogP contribution >= 0.6 is 11.5 Å². The number of nitrogens with zero attached hydrogens (tertiary/aromatic N) is 1. The second-order valence-electron chi connectivity index (χ2n) is 2.84. The summed E-state index contributed by atoms with van der Waals surface area (Å²) in [7, 11) is 0. The third kappa shape index (κ3) is 4.43. The van der Waals surface area contributed by atoms with Gasteiger partial charge in [0.15, 0.2) is 0 Å². The molecule has 1 nitrogen and oxygen atoms in total. The van der Waals surface area contributed by atoms with E-state index in [4.69, 9.17) is 0 Å². The predicted octanol–water partition coefficient (Wildman–Crippen LogP) is 3.45. The lowest BCUT2D eigenvalue weighted by molar-refractivity contribution is 1.40. The monoisotopic (exact) mass is 191 g/mol. The van der Waals surface area contributed by atoms with Crippen molar-refractivity contribution in [1.29, 1.82) is 0 Å². The molecule has 2 rings (SSSR count). The fourth-order valence-corrected chi connectivity index (χ4v) is 1.16. The summed E-state index contributed by atoms with van der Waals surface area (Å²) >= 11 is 1.46. The molecule has 0 aliphatic heterocycles. The zero-order valence-corrected chi connectivity index (χ0v) is 8.71. The summed E-state index contributed by atoms with van der Waals surface area (Å²) in [5.74, 6) is 0. The van der Waals surface area contributed by atoms with Crippen molar-refractivity contribution in [2.75, 3.05) is 0 Å². The topological polar surface area (TPSA) is 12.9 Å². The SMILES string of the molecule is Cc1ccc(C)cc1.c1cnsc1. The standard InChI is InChI=1S/C8H10.C3H3NS/c1-7-3-5-8(2)6-4-7;1-2-4-5-3-1/h3-6H,1-2H3;1-3H. The van der Waals surface area contributed by atoms with E-state index >= 15 is 0 Å². The van der Waals surface area contributed by atoms with E-state index in [-0.39, 0.29) is 0 Å². The molecule has 0 bridgehead atoms. The highest BCUT2D eigenvalue weighted by molar-refractivity contribution is 7.03. The second kappa shape index (κ2) is 5.49. The molecule has 0 N–H and O–H groups in total. The number of aryl methyl sites for hydroxylation is 2. The molecule has 0 amide bonds. The Kier molecular flexibility index (Phi) is 4.19. The summed E-state index contributed by atoms with van der Waals surface area (Å²) in [5.41, 5.74) is 2.66.